The molecule has 2 rings (SSSR count). The summed E-state index contributed by atoms with van der Waals surface area (Å²) in [7, 11) is 0. The van der Waals surface area contributed by atoms with Gasteiger partial charge in [0.15, 0.2) is 0 Å². The van der Waals surface area contributed by atoms with Crippen LogP contribution >= 0.6 is 24.2 Å². The Hall–Kier alpha value is -1.20. The number of hydrogen-bond donors (Lipinski definition) is 2. The molecule has 0 aliphatic carbocycles. The molecule has 0 spiro atoms. The standard InChI is InChI=1S/C14H16ClNO3S/c15-11-3-1-10(2-4-11)12(6-14(18)19)16-7-9(8-20)5-13(16)17/h1-4,9,12,20H,5-8H2,(H,18,19). The van der Waals surface area contributed by atoms with Crippen molar-refractivity contribution in [1.82, 2.24) is 4.90 Å². The number of nitrogens with zero attached hydrogens (tertiary/aromatic N) is 1. The van der Waals surface area contributed by atoms with Crippen molar-refractivity contribution >= 4 is 36.1 Å². The number of thiol groups is 1. The first kappa shape index (κ1) is 15.2. The van der Waals surface area contributed by atoms with Crippen molar-refractivity contribution in [1.29, 1.82) is 0 Å². The van der Waals surface area contributed by atoms with Gasteiger partial charge in [0.05, 0.1) is 12.5 Å². The van der Waals surface area contributed by atoms with Gasteiger partial charge in [-0.1, -0.05) is 23.7 Å². The second kappa shape index (κ2) is 6.50. The van der Waals surface area contributed by atoms with Gasteiger partial charge in [0.1, 0.15) is 0 Å². The molecule has 6 heteroatoms. The SMILES string of the molecule is O=C(O)CC(c1ccc(Cl)cc1)N1CC(CS)CC1=O. The molecule has 1 aliphatic rings. The monoisotopic (exact) mass is 313 g/mol. The van der Waals surface area contributed by atoms with Crippen molar-refractivity contribution < 1.29 is 14.7 Å². The number of rotatable bonds is 5. The van der Waals surface area contributed by atoms with Crippen molar-refractivity contribution in [3.8, 4) is 0 Å². The summed E-state index contributed by atoms with van der Waals surface area (Å²) in [5.74, 6) is -0.116. The molecule has 108 valence electrons. The van der Waals surface area contributed by atoms with Gasteiger partial charge in [0.2, 0.25) is 5.91 Å². The van der Waals surface area contributed by atoms with E-state index in [1.807, 2.05) is 0 Å². The number of amides is 1. The number of likely N-dealkylation sites (tertiary alicyclic amines) is 1. The molecule has 1 aromatic carbocycles. The predicted octanol–water partition coefficient (Wildman–Crippen LogP) is 2.63. The zero-order chi connectivity index (χ0) is 14.7. The fourth-order valence-electron chi connectivity index (χ4n) is 2.49. The molecule has 2 atom stereocenters. The van der Waals surface area contributed by atoms with Crippen LogP contribution in [0, 0.1) is 5.92 Å². The van der Waals surface area contributed by atoms with Crippen molar-refractivity contribution in [2.45, 2.75) is 18.9 Å². The molecule has 0 saturated carbocycles. The summed E-state index contributed by atoms with van der Waals surface area (Å²) in [5.41, 5.74) is 0.796. The van der Waals surface area contributed by atoms with Crippen LogP contribution in [0.2, 0.25) is 5.02 Å². The highest BCUT2D eigenvalue weighted by Crippen LogP contribution is 2.32. The summed E-state index contributed by atoms with van der Waals surface area (Å²) in [6.07, 6.45) is 0.333. The lowest BCUT2D eigenvalue weighted by Gasteiger charge is -2.27. The number of aliphatic carboxylic acids is 1. The Morgan fingerprint density at radius 3 is 2.60 bits per heavy atom. The van der Waals surface area contributed by atoms with Gasteiger partial charge in [-0.3, -0.25) is 9.59 Å². The third-order valence-electron chi connectivity index (χ3n) is 3.50. The zero-order valence-corrected chi connectivity index (χ0v) is 12.5. The van der Waals surface area contributed by atoms with E-state index in [1.54, 1.807) is 29.2 Å². The fraction of sp³-hybridized carbons (Fsp3) is 0.429. The summed E-state index contributed by atoms with van der Waals surface area (Å²) >= 11 is 10.1. The van der Waals surface area contributed by atoms with Crippen molar-refractivity contribution in [3.05, 3.63) is 34.9 Å². The Labute approximate surface area is 128 Å². The van der Waals surface area contributed by atoms with E-state index in [9.17, 15) is 9.59 Å². The molecule has 1 fully saturated rings. The summed E-state index contributed by atoms with van der Waals surface area (Å²) in [6.45, 7) is 0.558. The summed E-state index contributed by atoms with van der Waals surface area (Å²) < 4.78 is 0. The molecule has 20 heavy (non-hydrogen) atoms. The van der Waals surface area contributed by atoms with Gasteiger partial charge in [-0.25, -0.2) is 0 Å². The number of hydrogen-bond acceptors (Lipinski definition) is 3. The molecule has 0 radical (unpaired) electrons. The second-order valence-electron chi connectivity index (χ2n) is 4.96. The van der Waals surface area contributed by atoms with E-state index in [4.69, 9.17) is 16.7 Å². The summed E-state index contributed by atoms with van der Waals surface area (Å²) in [5, 5.41) is 9.68. The molecule has 2 unspecified atom stereocenters. The minimum Gasteiger partial charge on any atom is -0.481 e. The quantitative estimate of drug-likeness (QED) is 0.822. The molecular formula is C14H16ClNO3S. The van der Waals surface area contributed by atoms with Crippen LogP contribution in [0.25, 0.3) is 0 Å². The first-order valence-electron chi connectivity index (χ1n) is 6.39. The van der Waals surface area contributed by atoms with Crippen LogP contribution in [0.3, 0.4) is 0 Å². The molecule has 1 aromatic rings. The number of carbonyl (C=O) groups is 2. The molecule has 4 nitrogen and oxygen atoms in total. The molecule has 0 aromatic heterocycles. The molecule has 1 N–H and O–H groups in total. The lowest BCUT2D eigenvalue weighted by atomic mass is 10.0. The van der Waals surface area contributed by atoms with E-state index in [0.717, 1.165) is 5.56 Å². The van der Waals surface area contributed by atoms with E-state index in [1.165, 1.54) is 0 Å². The fourth-order valence-corrected chi connectivity index (χ4v) is 2.86. The van der Waals surface area contributed by atoms with Crippen LogP contribution in [0.1, 0.15) is 24.4 Å². The molecule has 1 heterocycles. The van der Waals surface area contributed by atoms with Gasteiger partial charge < -0.3 is 10.0 Å². The molecule has 1 amide bonds. The third kappa shape index (κ3) is 3.46. The van der Waals surface area contributed by atoms with Crippen molar-refractivity contribution in [2.75, 3.05) is 12.3 Å². The smallest absolute Gasteiger partial charge is 0.305 e. The van der Waals surface area contributed by atoms with E-state index in [0.29, 0.717) is 23.7 Å². The average molecular weight is 314 g/mol. The lowest BCUT2D eigenvalue weighted by Crippen LogP contribution is -2.32. The van der Waals surface area contributed by atoms with E-state index >= 15 is 0 Å². The first-order chi connectivity index (χ1) is 9.51. The van der Waals surface area contributed by atoms with Crippen molar-refractivity contribution in [3.63, 3.8) is 0 Å². The molecular weight excluding hydrogens is 298 g/mol. The Morgan fingerprint density at radius 2 is 2.10 bits per heavy atom. The Bertz CT molecular complexity index is 506. The number of carboxylic acids is 1. The Kier molecular flexibility index (Phi) is 4.94. The molecule has 0 bridgehead atoms. The number of carboxylic acid groups (broad SMARTS) is 1. The highest BCUT2D eigenvalue weighted by atomic mass is 35.5. The van der Waals surface area contributed by atoms with E-state index < -0.39 is 12.0 Å². The average Bonchev–Trinajstić information content (AvgIpc) is 2.78. The van der Waals surface area contributed by atoms with E-state index in [-0.39, 0.29) is 18.2 Å². The summed E-state index contributed by atoms with van der Waals surface area (Å²) in [4.78, 5) is 24.8. The zero-order valence-electron chi connectivity index (χ0n) is 10.8. The summed E-state index contributed by atoms with van der Waals surface area (Å²) in [6, 6.07) is 6.53. The van der Waals surface area contributed by atoms with Crippen molar-refractivity contribution in [2.24, 2.45) is 5.92 Å². The predicted molar refractivity (Wildman–Crippen MR) is 80.1 cm³/mol. The normalized spacial score (nSPS) is 20.2. The van der Waals surface area contributed by atoms with Gasteiger partial charge in [0, 0.05) is 18.0 Å². The van der Waals surface area contributed by atoms with Crippen LogP contribution < -0.4 is 0 Å². The molecule has 1 aliphatic heterocycles. The van der Waals surface area contributed by atoms with Gasteiger partial charge in [-0.2, -0.15) is 12.6 Å². The molecule has 1 saturated heterocycles. The number of carbonyl (C=O) groups excluding carboxylic acids is 1. The van der Waals surface area contributed by atoms with Gasteiger partial charge in [0.25, 0.3) is 0 Å². The van der Waals surface area contributed by atoms with Crippen LogP contribution in [0.15, 0.2) is 24.3 Å². The minimum atomic E-state index is -0.924. The number of halogens is 1. The van der Waals surface area contributed by atoms with Gasteiger partial charge in [-0.05, 0) is 29.4 Å². The number of benzene rings is 1. The maximum atomic E-state index is 12.1. The second-order valence-corrected chi connectivity index (χ2v) is 5.77. The Balaban J connectivity index is 2.26. The maximum Gasteiger partial charge on any atom is 0.305 e. The van der Waals surface area contributed by atoms with Gasteiger partial charge >= 0.3 is 5.97 Å². The van der Waals surface area contributed by atoms with Crippen LogP contribution in [-0.4, -0.2) is 34.2 Å². The topological polar surface area (TPSA) is 57.6 Å². The first-order valence-corrected chi connectivity index (χ1v) is 7.40. The highest BCUT2D eigenvalue weighted by molar-refractivity contribution is 7.80. The largest absolute Gasteiger partial charge is 0.481 e. The minimum absolute atomic E-state index is 0.00903. The van der Waals surface area contributed by atoms with E-state index in [2.05, 4.69) is 12.6 Å². The van der Waals surface area contributed by atoms with Gasteiger partial charge in [-0.15, -0.1) is 0 Å². The highest BCUT2D eigenvalue weighted by Gasteiger charge is 2.35. The Morgan fingerprint density at radius 1 is 1.45 bits per heavy atom. The maximum absolute atomic E-state index is 12.1. The van der Waals surface area contributed by atoms with Crippen LogP contribution in [0.5, 0.6) is 0 Å². The third-order valence-corrected chi connectivity index (χ3v) is 4.26. The van der Waals surface area contributed by atoms with Crippen LogP contribution in [0.4, 0.5) is 0 Å². The van der Waals surface area contributed by atoms with Crippen LogP contribution in [-0.2, 0) is 9.59 Å². The lowest BCUT2D eigenvalue weighted by molar-refractivity contribution is -0.139.